The molecule has 0 amide bonds. The highest BCUT2D eigenvalue weighted by Crippen LogP contribution is 2.21. The zero-order valence-electron chi connectivity index (χ0n) is 10.6. The van der Waals surface area contributed by atoms with E-state index in [0.29, 0.717) is 11.3 Å². The van der Waals surface area contributed by atoms with Crippen LogP contribution in [0, 0.1) is 0 Å². The molecule has 96 valence electrons. The van der Waals surface area contributed by atoms with Gasteiger partial charge in [-0.1, -0.05) is 24.3 Å². The van der Waals surface area contributed by atoms with Gasteiger partial charge in [-0.15, -0.1) is 0 Å². The summed E-state index contributed by atoms with van der Waals surface area (Å²) >= 11 is 0. The van der Waals surface area contributed by atoms with Gasteiger partial charge in [0.25, 0.3) is 0 Å². The maximum atomic E-state index is 12.7. The van der Waals surface area contributed by atoms with Gasteiger partial charge in [-0.3, -0.25) is 9.20 Å². The number of aromatic amines is 1. The van der Waals surface area contributed by atoms with E-state index in [1.807, 2.05) is 53.1 Å². The number of imidazole rings is 1. The van der Waals surface area contributed by atoms with E-state index in [1.54, 1.807) is 12.4 Å². The van der Waals surface area contributed by atoms with Crippen molar-refractivity contribution < 1.29 is 4.79 Å². The first-order valence-corrected chi connectivity index (χ1v) is 6.37. The van der Waals surface area contributed by atoms with Crippen LogP contribution in [0.1, 0.15) is 16.1 Å². The monoisotopic (exact) mass is 261 g/mol. The molecule has 4 aromatic rings. The van der Waals surface area contributed by atoms with E-state index in [0.717, 1.165) is 16.6 Å². The van der Waals surface area contributed by atoms with E-state index in [4.69, 9.17) is 0 Å². The third-order valence-corrected chi connectivity index (χ3v) is 3.48. The van der Waals surface area contributed by atoms with Crippen molar-refractivity contribution in [3.05, 3.63) is 72.3 Å². The van der Waals surface area contributed by atoms with Crippen LogP contribution in [0.2, 0.25) is 0 Å². The minimum atomic E-state index is -0.0267. The Morgan fingerprint density at radius 3 is 2.90 bits per heavy atom. The number of carbonyl (C=O) groups excluding carboxylic acids is 1. The lowest BCUT2D eigenvalue weighted by atomic mass is 10.1. The van der Waals surface area contributed by atoms with Gasteiger partial charge in [-0.2, -0.15) is 0 Å². The number of nitrogens with one attached hydrogen (secondary N) is 1. The molecule has 4 heteroatoms. The summed E-state index contributed by atoms with van der Waals surface area (Å²) in [5.41, 5.74) is 2.98. The molecule has 0 saturated carbocycles. The Morgan fingerprint density at radius 1 is 1.10 bits per heavy atom. The van der Waals surface area contributed by atoms with Crippen molar-refractivity contribution in [2.45, 2.75) is 0 Å². The number of hydrogen-bond donors (Lipinski definition) is 1. The Balaban J connectivity index is 1.92. The lowest BCUT2D eigenvalue weighted by molar-refractivity contribution is 0.103. The number of H-pyrrole nitrogens is 1. The fourth-order valence-corrected chi connectivity index (χ4v) is 2.50. The summed E-state index contributed by atoms with van der Waals surface area (Å²) < 4.78 is 1.81. The number of ketones is 1. The number of benzene rings is 1. The molecule has 4 rings (SSSR count). The first-order chi connectivity index (χ1) is 9.84. The molecule has 0 aliphatic carbocycles. The van der Waals surface area contributed by atoms with Gasteiger partial charge in [0.15, 0.2) is 0 Å². The summed E-state index contributed by atoms with van der Waals surface area (Å²) in [4.78, 5) is 20.1. The van der Waals surface area contributed by atoms with Crippen molar-refractivity contribution >= 4 is 22.3 Å². The Bertz CT molecular complexity index is 857. The van der Waals surface area contributed by atoms with Gasteiger partial charge in [-0.05, 0) is 18.2 Å². The molecule has 0 aliphatic heterocycles. The van der Waals surface area contributed by atoms with Crippen LogP contribution in [0.5, 0.6) is 0 Å². The minimum absolute atomic E-state index is 0.0267. The lowest BCUT2D eigenvalue weighted by Crippen LogP contribution is -2.04. The van der Waals surface area contributed by atoms with E-state index in [1.165, 1.54) is 0 Å². The van der Waals surface area contributed by atoms with Gasteiger partial charge in [0.1, 0.15) is 11.3 Å². The molecule has 3 heterocycles. The fraction of sp³-hybridized carbons (Fsp3) is 0. The summed E-state index contributed by atoms with van der Waals surface area (Å²) in [6.45, 7) is 0. The molecule has 4 nitrogen and oxygen atoms in total. The van der Waals surface area contributed by atoms with E-state index < -0.39 is 0 Å². The quantitative estimate of drug-likeness (QED) is 0.564. The Morgan fingerprint density at radius 2 is 1.95 bits per heavy atom. The zero-order valence-corrected chi connectivity index (χ0v) is 10.6. The molecule has 20 heavy (non-hydrogen) atoms. The molecule has 0 atom stereocenters. The third kappa shape index (κ3) is 1.48. The molecule has 1 N–H and O–H groups in total. The Hall–Kier alpha value is -2.88. The summed E-state index contributed by atoms with van der Waals surface area (Å²) in [6.07, 6.45) is 5.24. The normalized spacial score (nSPS) is 11.2. The largest absolute Gasteiger partial charge is 0.360 e. The average Bonchev–Trinajstić information content (AvgIpc) is 3.11. The summed E-state index contributed by atoms with van der Waals surface area (Å²) in [6, 6.07) is 13.5. The first kappa shape index (κ1) is 11.0. The van der Waals surface area contributed by atoms with E-state index in [-0.39, 0.29) is 5.78 Å². The summed E-state index contributed by atoms with van der Waals surface area (Å²) in [7, 11) is 0. The minimum Gasteiger partial charge on any atom is -0.360 e. The highest BCUT2D eigenvalue weighted by atomic mass is 16.1. The third-order valence-electron chi connectivity index (χ3n) is 3.48. The average molecular weight is 261 g/mol. The molecule has 0 aliphatic rings. The summed E-state index contributed by atoms with van der Waals surface area (Å²) in [5.74, 6) is -0.0267. The van der Waals surface area contributed by atoms with Crippen molar-refractivity contribution in [2.24, 2.45) is 0 Å². The van der Waals surface area contributed by atoms with Crippen LogP contribution in [-0.4, -0.2) is 20.2 Å². The zero-order chi connectivity index (χ0) is 13.5. The van der Waals surface area contributed by atoms with Gasteiger partial charge in [-0.25, -0.2) is 4.98 Å². The molecular formula is C16H11N3O. The second kappa shape index (κ2) is 4.06. The topological polar surface area (TPSA) is 50.2 Å². The van der Waals surface area contributed by atoms with Crippen LogP contribution in [0.15, 0.2) is 61.1 Å². The second-order valence-electron chi connectivity index (χ2n) is 4.65. The Labute approximate surface area is 114 Å². The molecule has 0 bridgehead atoms. The highest BCUT2D eigenvalue weighted by molar-refractivity contribution is 6.15. The lowest BCUT2D eigenvalue weighted by Gasteiger charge is -2.00. The number of pyridine rings is 1. The second-order valence-corrected chi connectivity index (χ2v) is 4.65. The van der Waals surface area contributed by atoms with Crippen molar-refractivity contribution in [3.8, 4) is 0 Å². The number of rotatable bonds is 2. The SMILES string of the molecule is O=C(c1c[nH]c2ccccc12)c1cnc2ccccn12. The standard InChI is InChI=1S/C16H11N3O/c20-16(12-9-17-13-6-2-1-5-11(12)13)14-10-18-15-7-3-4-8-19(14)15/h1-10,17H. The van der Waals surface area contributed by atoms with Crippen molar-refractivity contribution in [1.82, 2.24) is 14.4 Å². The van der Waals surface area contributed by atoms with Crippen molar-refractivity contribution in [1.29, 1.82) is 0 Å². The molecule has 3 aromatic heterocycles. The van der Waals surface area contributed by atoms with E-state index in [9.17, 15) is 4.79 Å². The molecular weight excluding hydrogens is 250 g/mol. The fourth-order valence-electron chi connectivity index (χ4n) is 2.50. The molecule has 0 unspecified atom stereocenters. The van der Waals surface area contributed by atoms with Crippen LogP contribution in [-0.2, 0) is 0 Å². The predicted octanol–water partition coefficient (Wildman–Crippen LogP) is 3.05. The van der Waals surface area contributed by atoms with Crippen LogP contribution in [0.3, 0.4) is 0 Å². The smallest absolute Gasteiger partial charge is 0.213 e. The molecule has 1 aromatic carbocycles. The van der Waals surface area contributed by atoms with Gasteiger partial charge in [0.05, 0.1) is 6.20 Å². The van der Waals surface area contributed by atoms with Crippen molar-refractivity contribution in [2.75, 3.05) is 0 Å². The number of para-hydroxylation sites is 1. The molecule has 0 saturated heterocycles. The molecule has 0 spiro atoms. The summed E-state index contributed by atoms with van der Waals surface area (Å²) in [5, 5.41) is 0.934. The number of carbonyl (C=O) groups is 1. The molecule has 0 radical (unpaired) electrons. The van der Waals surface area contributed by atoms with E-state index in [2.05, 4.69) is 9.97 Å². The number of hydrogen-bond acceptors (Lipinski definition) is 2. The Kier molecular flexibility index (Phi) is 2.23. The van der Waals surface area contributed by atoms with Crippen molar-refractivity contribution in [3.63, 3.8) is 0 Å². The van der Waals surface area contributed by atoms with Crippen LogP contribution < -0.4 is 0 Å². The predicted molar refractivity (Wildman–Crippen MR) is 76.9 cm³/mol. The van der Waals surface area contributed by atoms with Gasteiger partial charge >= 0.3 is 0 Å². The van der Waals surface area contributed by atoms with Crippen LogP contribution in [0.4, 0.5) is 0 Å². The maximum absolute atomic E-state index is 12.7. The van der Waals surface area contributed by atoms with Crippen LogP contribution >= 0.6 is 0 Å². The van der Waals surface area contributed by atoms with Gasteiger partial charge in [0, 0.05) is 28.9 Å². The number of fused-ring (bicyclic) bond motifs is 2. The number of nitrogens with zero attached hydrogens (tertiary/aromatic N) is 2. The highest BCUT2D eigenvalue weighted by Gasteiger charge is 2.17. The maximum Gasteiger partial charge on any atom is 0.213 e. The van der Waals surface area contributed by atoms with Gasteiger partial charge in [0.2, 0.25) is 5.78 Å². The van der Waals surface area contributed by atoms with Crippen LogP contribution in [0.25, 0.3) is 16.6 Å². The molecule has 0 fully saturated rings. The van der Waals surface area contributed by atoms with Gasteiger partial charge < -0.3 is 4.98 Å². The van der Waals surface area contributed by atoms with E-state index >= 15 is 0 Å². The number of aromatic nitrogens is 3. The first-order valence-electron chi connectivity index (χ1n) is 6.37.